The van der Waals surface area contributed by atoms with E-state index in [4.69, 9.17) is 0 Å². The average Bonchev–Trinajstić information content (AvgIpc) is 2.13. The largest absolute Gasteiger partial charge is 0.317 e. The van der Waals surface area contributed by atoms with Gasteiger partial charge in [-0.2, -0.15) is 0 Å². The fourth-order valence-electron chi connectivity index (χ4n) is 1.87. The van der Waals surface area contributed by atoms with E-state index in [0.29, 0.717) is 0 Å². The highest BCUT2D eigenvalue weighted by molar-refractivity contribution is 4.71. The van der Waals surface area contributed by atoms with E-state index in [1.807, 2.05) is 0 Å². The maximum atomic E-state index is 3.44. The lowest BCUT2D eigenvalue weighted by molar-refractivity contribution is 0.338. The Kier molecular flexibility index (Phi) is 3.20. The monoisotopic (exact) mass is 143 g/mol. The first-order chi connectivity index (χ1) is 4.84. The van der Waals surface area contributed by atoms with Gasteiger partial charge >= 0.3 is 0 Å². The molecule has 0 radical (unpaired) electrons. The first kappa shape index (κ1) is 8.06. The topological polar surface area (TPSA) is 12.0 Å². The van der Waals surface area contributed by atoms with Gasteiger partial charge in [0.15, 0.2) is 0 Å². The first-order valence-electron chi connectivity index (χ1n) is 4.55. The lowest BCUT2D eigenvalue weighted by Gasteiger charge is -2.18. The quantitative estimate of drug-likeness (QED) is 0.594. The van der Waals surface area contributed by atoms with E-state index in [-0.39, 0.29) is 1.43 Å². The maximum Gasteiger partial charge on any atom is 0 e. The first-order valence-corrected chi connectivity index (χ1v) is 4.55. The van der Waals surface area contributed by atoms with Gasteiger partial charge in [0.05, 0.1) is 0 Å². The van der Waals surface area contributed by atoms with Crippen LogP contribution in [0.3, 0.4) is 0 Å². The van der Waals surface area contributed by atoms with Gasteiger partial charge in [-0.3, -0.25) is 0 Å². The molecule has 0 bridgehead atoms. The Bertz CT molecular complexity index is 95.6. The third kappa shape index (κ3) is 1.98. The Morgan fingerprint density at radius 3 is 2.80 bits per heavy atom. The Hall–Kier alpha value is -0.0400. The highest BCUT2D eigenvalue weighted by Gasteiger charge is 2.16. The summed E-state index contributed by atoms with van der Waals surface area (Å²) in [4.78, 5) is 0. The molecule has 2 atom stereocenters. The minimum absolute atomic E-state index is 0. The summed E-state index contributed by atoms with van der Waals surface area (Å²) < 4.78 is 0. The van der Waals surface area contributed by atoms with Crippen molar-refractivity contribution >= 4 is 0 Å². The molecule has 1 nitrogen and oxygen atoms in total. The van der Waals surface area contributed by atoms with Crippen LogP contribution >= 0.6 is 0 Å². The van der Waals surface area contributed by atoms with Crippen molar-refractivity contribution in [3.63, 3.8) is 0 Å². The molecule has 1 saturated heterocycles. The number of nitrogens with one attached hydrogen (secondary N) is 1. The Morgan fingerprint density at radius 1 is 1.40 bits per heavy atom. The van der Waals surface area contributed by atoms with Gasteiger partial charge in [0.1, 0.15) is 0 Å². The van der Waals surface area contributed by atoms with Gasteiger partial charge in [0, 0.05) is 1.43 Å². The molecule has 0 spiro atoms. The predicted octanol–water partition coefficient (Wildman–Crippen LogP) is 2.28. The van der Waals surface area contributed by atoms with E-state index in [1.165, 1.54) is 32.4 Å². The lowest BCUT2D eigenvalue weighted by atomic mass is 9.88. The van der Waals surface area contributed by atoms with Crippen LogP contribution < -0.4 is 5.32 Å². The van der Waals surface area contributed by atoms with Gasteiger partial charge in [-0.1, -0.05) is 20.3 Å². The van der Waals surface area contributed by atoms with Crippen LogP contribution in [0.1, 0.15) is 34.5 Å². The summed E-state index contributed by atoms with van der Waals surface area (Å²) in [5.41, 5.74) is 0. The normalized spacial score (nSPS) is 35.4. The van der Waals surface area contributed by atoms with Crippen LogP contribution in [-0.2, 0) is 0 Å². The van der Waals surface area contributed by atoms with Gasteiger partial charge in [0.25, 0.3) is 0 Å². The zero-order valence-corrected chi connectivity index (χ0v) is 7.19. The Balaban J connectivity index is 0.000001000. The summed E-state index contributed by atoms with van der Waals surface area (Å²) in [6, 6.07) is 0. The molecule has 1 rings (SSSR count). The molecule has 0 aliphatic carbocycles. The van der Waals surface area contributed by atoms with Gasteiger partial charge in [-0.05, 0) is 37.8 Å². The molecule has 1 heteroatoms. The summed E-state index contributed by atoms with van der Waals surface area (Å²) in [7, 11) is 0. The van der Waals surface area contributed by atoms with Crippen molar-refractivity contribution in [2.75, 3.05) is 13.1 Å². The molecule has 62 valence electrons. The molecule has 1 N–H and O–H groups in total. The van der Waals surface area contributed by atoms with Crippen LogP contribution in [0.4, 0.5) is 0 Å². The van der Waals surface area contributed by atoms with Gasteiger partial charge < -0.3 is 5.32 Å². The molecule has 1 heterocycles. The van der Waals surface area contributed by atoms with Crippen LogP contribution in [0.2, 0.25) is 0 Å². The number of rotatable bonds is 1. The van der Waals surface area contributed by atoms with Crippen LogP contribution in [0.5, 0.6) is 0 Å². The molecule has 10 heavy (non-hydrogen) atoms. The zero-order chi connectivity index (χ0) is 7.40. The van der Waals surface area contributed by atoms with Crippen molar-refractivity contribution in [3.05, 3.63) is 0 Å². The molecule has 0 aromatic heterocycles. The van der Waals surface area contributed by atoms with E-state index < -0.39 is 0 Å². The highest BCUT2D eigenvalue weighted by atomic mass is 14.9. The summed E-state index contributed by atoms with van der Waals surface area (Å²) in [6.07, 6.45) is 4.12. The van der Waals surface area contributed by atoms with Crippen molar-refractivity contribution in [2.24, 2.45) is 11.8 Å². The summed E-state index contributed by atoms with van der Waals surface area (Å²) >= 11 is 0. The average molecular weight is 143 g/mol. The van der Waals surface area contributed by atoms with Crippen molar-refractivity contribution in [1.29, 1.82) is 0 Å². The SMILES string of the molecule is CCC1CCNCCC1C.[HH]. The Labute approximate surface area is 65.7 Å². The minimum Gasteiger partial charge on any atom is -0.317 e. The van der Waals surface area contributed by atoms with Crippen LogP contribution in [0, 0.1) is 11.8 Å². The fourth-order valence-corrected chi connectivity index (χ4v) is 1.87. The van der Waals surface area contributed by atoms with Crippen molar-refractivity contribution in [2.45, 2.75) is 33.1 Å². The molecule has 0 saturated carbocycles. The molecule has 1 aliphatic rings. The predicted molar refractivity (Wildman–Crippen MR) is 47.2 cm³/mol. The standard InChI is InChI=1S/C9H19N.H2/c1-3-9-5-7-10-6-4-8(9)2;/h8-10H,3-7H2,1-2H3;1H. The van der Waals surface area contributed by atoms with E-state index >= 15 is 0 Å². The molecule has 0 aromatic carbocycles. The summed E-state index contributed by atoms with van der Waals surface area (Å²) in [5, 5.41) is 3.44. The van der Waals surface area contributed by atoms with E-state index in [1.54, 1.807) is 0 Å². The second kappa shape index (κ2) is 3.97. The van der Waals surface area contributed by atoms with Crippen molar-refractivity contribution in [3.8, 4) is 0 Å². The number of hydrogen-bond donors (Lipinski definition) is 1. The van der Waals surface area contributed by atoms with Crippen molar-refractivity contribution < 1.29 is 1.43 Å². The minimum atomic E-state index is 0. The van der Waals surface area contributed by atoms with Crippen LogP contribution in [-0.4, -0.2) is 13.1 Å². The van der Waals surface area contributed by atoms with Gasteiger partial charge in [-0.15, -0.1) is 0 Å². The van der Waals surface area contributed by atoms with E-state index in [0.717, 1.165) is 11.8 Å². The Morgan fingerprint density at radius 2 is 2.10 bits per heavy atom. The third-order valence-corrected chi connectivity index (χ3v) is 2.80. The highest BCUT2D eigenvalue weighted by Crippen LogP contribution is 2.23. The van der Waals surface area contributed by atoms with Gasteiger partial charge in [0.2, 0.25) is 0 Å². The molecule has 0 aromatic rings. The van der Waals surface area contributed by atoms with Crippen LogP contribution in [0.15, 0.2) is 0 Å². The van der Waals surface area contributed by atoms with E-state index in [9.17, 15) is 0 Å². The van der Waals surface area contributed by atoms with Crippen LogP contribution in [0.25, 0.3) is 0 Å². The smallest absolute Gasteiger partial charge is 0 e. The molecular formula is C9H21N. The fraction of sp³-hybridized carbons (Fsp3) is 1.00. The number of hydrogen-bond acceptors (Lipinski definition) is 1. The zero-order valence-electron chi connectivity index (χ0n) is 7.19. The molecule has 2 unspecified atom stereocenters. The summed E-state index contributed by atoms with van der Waals surface area (Å²) in [5.74, 6) is 1.93. The second-order valence-electron chi connectivity index (χ2n) is 3.47. The third-order valence-electron chi connectivity index (χ3n) is 2.80. The van der Waals surface area contributed by atoms with Crippen molar-refractivity contribution in [1.82, 2.24) is 5.32 Å². The van der Waals surface area contributed by atoms with Gasteiger partial charge in [-0.25, -0.2) is 0 Å². The summed E-state index contributed by atoms with van der Waals surface area (Å²) in [6.45, 7) is 7.17. The molecule has 0 amide bonds. The molecule has 1 fully saturated rings. The van der Waals surface area contributed by atoms with E-state index in [2.05, 4.69) is 19.2 Å². The molecule has 1 aliphatic heterocycles. The molecular weight excluding hydrogens is 122 g/mol. The second-order valence-corrected chi connectivity index (χ2v) is 3.47. The maximum absolute atomic E-state index is 3.44. The lowest BCUT2D eigenvalue weighted by Crippen LogP contribution is -2.13.